The van der Waals surface area contributed by atoms with E-state index in [1.165, 1.54) is 18.4 Å². The molecule has 2 atom stereocenters. The minimum atomic E-state index is -0.461. The lowest BCUT2D eigenvalue weighted by Gasteiger charge is -2.35. The van der Waals surface area contributed by atoms with Crippen LogP contribution in [0.5, 0.6) is 5.75 Å². The van der Waals surface area contributed by atoms with Crippen LogP contribution in [-0.4, -0.2) is 43.1 Å². The molecule has 0 aromatic heterocycles. The summed E-state index contributed by atoms with van der Waals surface area (Å²) < 4.78 is 5.24. The first-order valence-electron chi connectivity index (χ1n) is 7.48. The molecule has 1 aliphatic rings. The molecule has 0 radical (unpaired) electrons. The SMILES string of the molecule is CC1CC(NCc2ccc(OCC(N)=O)cc2)CCN1C. The van der Waals surface area contributed by atoms with Gasteiger partial charge in [0.25, 0.3) is 5.91 Å². The molecule has 1 heterocycles. The summed E-state index contributed by atoms with van der Waals surface area (Å²) in [6.45, 7) is 4.21. The number of benzene rings is 1. The number of nitrogens with zero attached hydrogens (tertiary/aromatic N) is 1. The monoisotopic (exact) mass is 291 g/mol. The van der Waals surface area contributed by atoms with Crippen LogP contribution in [0, 0.1) is 0 Å². The lowest BCUT2D eigenvalue weighted by Crippen LogP contribution is -2.45. The Labute approximate surface area is 126 Å². The van der Waals surface area contributed by atoms with Crippen LogP contribution in [0.15, 0.2) is 24.3 Å². The Morgan fingerprint density at radius 3 is 2.76 bits per heavy atom. The fourth-order valence-electron chi connectivity index (χ4n) is 2.59. The number of rotatable bonds is 6. The van der Waals surface area contributed by atoms with E-state index in [0.717, 1.165) is 13.1 Å². The van der Waals surface area contributed by atoms with Crippen molar-refractivity contribution < 1.29 is 9.53 Å². The van der Waals surface area contributed by atoms with E-state index in [9.17, 15) is 4.79 Å². The highest BCUT2D eigenvalue weighted by atomic mass is 16.5. The molecule has 1 aromatic carbocycles. The molecule has 1 aromatic rings. The number of hydrogen-bond acceptors (Lipinski definition) is 4. The molecule has 21 heavy (non-hydrogen) atoms. The van der Waals surface area contributed by atoms with Gasteiger partial charge in [-0.1, -0.05) is 12.1 Å². The number of nitrogens with one attached hydrogen (secondary N) is 1. The lowest BCUT2D eigenvalue weighted by atomic mass is 9.99. The predicted molar refractivity (Wildman–Crippen MR) is 83.1 cm³/mol. The first-order chi connectivity index (χ1) is 10.0. The van der Waals surface area contributed by atoms with E-state index in [1.54, 1.807) is 0 Å². The molecule has 1 fully saturated rings. The molecule has 3 N–H and O–H groups in total. The van der Waals surface area contributed by atoms with Crippen LogP contribution in [0.4, 0.5) is 0 Å². The van der Waals surface area contributed by atoms with Gasteiger partial charge in [-0.05, 0) is 51.1 Å². The highest BCUT2D eigenvalue weighted by molar-refractivity contribution is 5.75. The Morgan fingerprint density at radius 2 is 2.14 bits per heavy atom. The van der Waals surface area contributed by atoms with E-state index in [2.05, 4.69) is 24.2 Å². The van der Waals surface area contributed by atoms with Gasteiger partial charge in [0.05, 0.1) is 0 Å². The van der Waals surface area contributed by atoms with E-state index in [-0.39, 0.29) is 6.61 Å². The standard InChI is InChI=1S/C16H25N3O2/c1-12-9-14(7-8-19(12)2)18-10-13-3-5-15(6-4-13)21-11-16(17)20/h3-6,12,14,18H,7-11H2,1-2H3,(H2,17,20). The van der Waals surface area contributed by atoms with Crippen molar-refractivity contribution in [3.8, 4) is 5.75 Å². The molecular weight excluding hydrogens is 266 g/mol. The van der Waals surface area contributed by atoms with Gasteiger partial charge >= 0.3 is 0 Å². The molecule has 0 saturated carbocycles. The van der Waals surface area contributed by atoms with Gasteiger partial charge in [0.1, 0.15) is 5.75 Å². The molecule has 5 nitrogen and oxygen atoms in total. The van der Waals surface area contributed by atoms with Crippen LogP contribution in [0.3, 0.4) is 0 Å². The van der Waals surface area contributed by atoms with Crippen LogP contribution in [0.2, 0.25) is 0 Å². The number of carbonyl (C=O) groups excluding carboxylic acids is 1. The summed E-state index contributed by atoms with van der Waals surface area (Å²) in [6.07, 6.45) is 2.39. The summed E-state index contributed by atoms with van der Waals surface area (Å²) in [5.41, 5.74) is 6.26. The summed E-state index contributed by atoms with van der Waals surface area (Å²) in [5, 5.41) is 3.62. The molecule has 0 aliphatic carbocycles. The summed E-state index contributed by atoms with van der Waals surface area (Å²) in [7, 11) is 2.19. The summed E-state index contributed by atoms with van der Waals surface area (Å²) in [6, 6.07) is 9.00. The first-order valence-corrected chi connectivity index (χ1v) is 7.48. The molecule has 1 saturated heterocycles. The van der Waals surface area contributed by atoms with Crippen LogP contribution < -0.4 is 15.8 Å². The number of piperidine rings is 1. The second kappa shape index (κ2) is 7.43. The van der Waals surface area contributed by atoms with E-state index in [1.807, 2.05) is 24.3 Å². The smallest absolute Gasteiger partial charge is 0.255 e. The minimum Gasteiger partial charge on any atom is -0.484 e. The third kappa shape index (κ3) is 5.02. The van der Waals surface area contributed by atoms with Crippen molar-refractivity contribution in [2.45, 2.75) is 38.4 Å². The van der Waals surface area contributed by atoms with Crippen molar-refractivity contribution >= 4 is 5.91 Å². The van der Waals surface area contributed by atoms with E-state index in [4.69, 9.17) is 10.5 Å². The Kier molecular flexibility index (Phi) is 5.59. The highest BCUT2D eigenvalue weighted by Crippen LogP contribution is 2.16. The summed E-state index contributed by atoms with van der Waals surface area (Å²) in [5.74, 6) is 0.211. The second-order valence-corrected chi connectivity index (χ2v) is 5.83. The van der Waals surface area contributed by atoms with E-state index < -0.39 is 5.91 Å². The number of likely N-dealkylation sites (tertiary alicyclic amines) is 1. The average Bonchev–Trinajstić information content (AvgIpc) is 2.47. The number of hydrogen-bond donors (Lipinski definition) is 2. The summed E-state index contributed by atoms with van der Waals surface area (Å²) >= 11 is 0. The molecule has 1 amide bonds. The van der Waals surface area contributed by atoms with Crippen LogP contribution in [0.25, 0.3) is 0 Å². The number of carbonyl (C=O) groups is 1. The second-order valence-electron chi connectivity index (χ2n) is 5.83. The van der Waals surface area contributed by atoms with Gasteiger partial charge in [-0.2, -0.15) is 0 Å². The molecule has 0 bridgehead atoms. The molecule has 2 unspecified atom stereocenters. The van der Waals surface area contributed by atoms with Crippen LogP contribution in [0.1, 0.15) is 25.3 Å². The van der Waals surface area contributed by atoms with Gasteiger partial charge in [-0.25, -0.2) is 0 Å². The fraction of sp³-hybridized carbons (Fsp3) is 0.562. The normalized spacial score (nSPS) is 23.0. The molecule has 2 rings (SSSR count). The van der Waals surface area contributed by atoms with Gasteiger partial charge < -0.3 is 20.7 Å². The van der Waals surface area contributed by atoms with E-state index >= 15 is 0 Å². The Balaban J connectivity index is 1.77. The van der Waals surface area contributed by atoms with Crippen molar-refractivity contribution in [2.24, 2.45) is 5.73 Å². The zero-order chi connectivity index (χ0) is 15.2. The zero-order valence-corrected chi connectivity index (χ0v) is 12.8. The predicted octanol–water partition coefficient (Wildman–Crippen LogP) is 1.12. The van der Waals surface area contributed by atoms with Gasteiger partial charge in [-0.3, -0.25) is 4.79 Å². The zero-order valence-electron chi connectivity index (χ0n) is 12.8. The number of nitrogens with two attached hydrogens (primary N) is 1. The number of amides is 1. The largest absolute Gasteiger partial charge is 0.484 e. The van der Waals surface area contributed by atoms with Crippen LogP contribution in [-0.2, 0) is 11.3 Å². The molecule has 5 heteroatoms. The lowest BCUT2D eigenvalue weighted by molar-refractivity contribution is -0.119. The topological polar surface area (TPSA) is 67.6 Å². The fourth-order valence-corrected chi connectivity index (χ4v) is 2.59. The van der Waals surface area contributed by atoms with Crippen LogP contribution >= 0.6 is 0 Å². The number of primary amides is 1. The van der Waals surface area contributed by atoms with Gasteiger partial charge in [-0.15, -0.1) is 0 Å². The quantitative estimate of drug-likeness (QED) is 0.824. The Hall–Kier alpha value is -1.59. The van der Waals surface area contributed by atoms with Gasteiger partial charge in [0.2, 0.25) is 0 Å². The Morgan fingerprint density at radius 1 is 1.43 bits per heavy atom. The first kappa shape index (κ1) is 15.8. The maximum Gasteiger partial charge on any atom is 0.255 e. The van der Waals surface area contributed by atoms with Gasteiger partial charge in [0.15, 0.2) is 6.61 Å². The van der Waals surface area contributed by atoms with E-state index in [0.29, 0.717) is 17.8 Å². The van der Waals surface area contributed by atoms with Gasteiger partial charge in [0, 0.05) is 18.6 Å². The third-order valence-corrected chi connectivity index (χ3v) is 4.11. The van der Waals surface area contributed by atoms with Crippen molar-refractivity contribution in [3.63, 3.8) is 0 Å². The maximum absolute atomic E-state index is 10.7. The average molecular weight is 291 g/mol. The number of ether oxygens (including phenoxy) is 1. The highest BCUT2D eigenvalue weighted by Gasteiger charge is 2.21. The molecular formula is C16H25N3O2. The third-order valence-electron chi connectivity index (χ3n) is 4.11. The molecule has 0 spiro atoms. The van der Waals surface area contributed by atoms with Crippen molar-refractivity contribution in [2.75, 3.05) is 20.2 Å². The minimum absolute atomic E-state index is 0.0783. The molecule has 1 aliphatic heterocycles. The van der Waals surface area contributed by atoms with Crippen molar-refractivity contribution in [1.29, 1.82) is 0 Å². The van der Waals surface area contributed by atoms with Crippen molar-refractivity contribution in [1.82, 2.24) is 10.2 Å². The maximum atomic E-state index is 10.7. The summed E-state index contributed by atoms with van der Waals surface area (Å²) in [4.78, 5) is 13.1. The van der Waals surface area contributed by atoms with Crippen molar-refractivity contribution in [3.05, 3.63) is 29.8 Å². The molecule has 116 valence electrons. The Bertz CT molecular complexity index is 461.